The predicted molar refractivity (Wildman–Crippen MR) is 90.7 cm³/mol. The topological polar surface area (TPSA) is 15.3 Å². The Balaban J connectivity index is 2.14. The summed E-state index contributed by atoms with van der Waals surface area (Å²) in [5.74, 6) is 0. The van der Waals surface area contributed by atoms with Crippen molar-refractivity contribution in [2.75, 3.05) is 31.1 Å². The third-order valence-electron chi connectivity index (χ3n) is 3.74. The Morgan fingerprint density at radius 2 is 1.60 bits per heavy atom. The van der Waals surface area contributed by atoms with Crippen LogP contribution in [0.3, 0.4) is 0 Å². The van der Waals surface area contributed by atoms with Crippen LogP contribution in [0.4, 0.5) is 5.69 Å². The molecule has 114 valence electrons. The van der Waals surface area contributed by atoms with Gasteiger partial charge in [-0.1, -0.05) is 37.5 Å². The number of nitrogens with one attached hydrogen (secondary N) is 1. The first-order valence-electron chi connectivity index (χ1n) is 8.30. The van der Waals surface area contributed by atoms with Gasteiger partial charge in [0.05, 0.1) is 0 Å². The van der Waals surface area contributed by atoms with E-state index >= 15 is 0 Å². The molecular formula is C18H32N2. The third kappa shape index (κ3) is 6.95. The Hall–Kier alpha value is -1.02. The van der Waals surface area contributed by atoms with Gasteiger partial charge in [0, 0.05) is 18.8 Å². The molecule has 20 heavy (non-hydrogen) atoms. The van der Waals surface area contributed by atoms with Crippen molar-refractivity contribution in [3.63, 3.8) is 0 Å². The van der Waals surface area contributed by atoms with E-state index in [1.54, 1.807) is 0 Å². The van der Waals surface area contributed by atoms with Gasteiger partial charge in [-0.2, -0.15) is 0 Å². The van der Waals surface area contributed by atoms with Gasteiger partial charge in [0.2, 0.25) is 0 Å². The van der Waals surface area contributed by atoms with Gasteiger partial charge in [-0.3, -0.25) is 0 Å². The number of rotatable bonds is 11. The van der Waals surface area contributed by atoms with Crippen LogP contribution in [0.25, 0.3) is 0 Å². The molecule has 0 saturated heterocycles. The number of benzene rings is 1. The second-order valence-corrected chi connectivity index (χ2v) is 5.58. The van der Waals surface area contributed by atoms with E-state index < -0.39 is 0 Å². The molecule has 0 heterocycles. The Kier molecular flexibility index (Phi) is 9.14. The van der Waals surface area contributed by atoms with Crippen molar-refractivity contribution in [2.45, 2.75) is 52.9 Å². The lowest BCUT2D eigenvalue weighted by Gasteiger charge is -2.23. The standard InChI is InChI=1S/C18H32N2/c1-4-14-19-15-8-6-7-9-16-20(5-2)18-12-10-17(3)11-13-18/h10-13,19H,4-9,14-16H2,1-3H3. The van der Waals surface area contributed by atoms with Gasteiger partial charge in [0.25, 0.3) is 0 Å². The van der Waals surface area contributed by atoms with Gasteiger partial charge in [0.1, 0.15) is 0 Å². The van der Waals surface area contributed by atoms with Crippen molar-refractivity contribution in [3.05, 3.63) is 29.8 Å². The lowest BCUT2D eigenvalue weighted by molar-refractivity contribution is 0.581. The van der Waals surface area contributed by atoms with Crippen LogP contribution < -0.4 is 10.2 Å². The fourth-order valence-electron chi connectivity index (χ4n) is 2.43. The molecule has 0 saturated carbocycles. The molecule has 2 heteroatoms. The molecule has 0 aliphatic rings. The summed E-state index contributed by atoms with van der Waals surface area (Å²) in [5.41, 5.74) is 2.70. The van der Waals surface area contributed by atoms with Crippen LogP contribution in [0, 0.1) is 6.92 Å². The smallest absolute Gasteiger partial charge is 0.0366 e. The average molecular weight is 276 g/mol. The van der Waals surface area contributed by atoms with Gasteiger partial charge in [-0.05, 0) is 58.3 Å². The van der Waals surface area contributed by atoms with E-state index in [1.165, 1.54) is 56.4 Å². The van der Waals surface area contributed by atoms with Crippen molar-refractivity contribution in [3.8, 4) is 0 Å². The highest BCUT2D eigenvalue weighted by Gasteiger charge is 2.03. The minimum atomic E-state index is 1.10. The van der Waals surface area contributed by atoms with E-state index in [0.29, 0.717) is 0 Å². The monoisotopic (exact) mass is 276 g/mol. The molecule has 0 bridgehead atoms. The number of unbranched alkanes of at least 4 members (excludes halogenated alkanes) is 3. The fraction of sp³-hybridized carbons (Fsp3) is 0.667. The van der Waals surface area contributed by atoms with Crippen LogP contribution in [-0.2, 0) is 0 Å². The predicted octanol–water partition coefficient (Wildman–Crippen LogP) is 4.38. The summed E-state index contributed by atoms with van der Waals surface area (Å²) in [4.78, 5) is 2.48. The summed E-state index contributed by atoms with van der Waals surface area (Å²) >= 11 is 0. The zero-order valence-corrected chi connectivity index (χ0v) is 13.6. The summed E-state index contributed by atoms with van der Waals surface area (Å²) < 4.78 is 0. The first-order valence-corrected chi connectivity index (χ1v) is 8.30. The molecule has 0 amide bonds. The van der Waals surface area contributed by atoms with E-state index in [1.807, 2.05) is 0 Å². The maximum atomic E-state index is 3.47. The maximum absolute atomic E-state index is 3.47. The van der Waals surface area contributed by atoms with Crippen molar-refractivity contribution in [1.82, 2.24) is 5.32 Å². The molecule has 0 aliphatic carbocycles. The molecule has 0 fully saturated rings. The van der Waals surface area contributed by atoms with Crippen LogP contribution in [-0.4, -0.2) is 26.2 Å². The van der Waals surface area contributed by atoms with E-state index in [9.17, 15) is 0 Å². The summed E-state index contributed by atoms with van der Waals surface area (Å²) in [6.07, 6.45) is 6.55. The van der Waals surface area contributed by atoms with E-state index in [-0.39, 0.29) is 0 Å². The Bertz CT molecular complexity index is 332. The third-order valence-corrected chi connectivity index (χ3v) is 3.74. The van der Waals surface area contributed by atoms with Crippen molar-refractivity contribution in [1.29, 1.82) is 0 Å². The highest BCUT2D eigenvalue weighted by molar-refractivity contribution is 5.47. The molecule has 0 spiro atoms. The fourth-order valence-corrected chi connectivity index (χ4v) is 2.43. The highest BCUT2D eigenvalue weighted by Crippen LogP contribution is 2.15. The first kappa shape index (κ1) is 17.0. The summed E-state index contributed by atoms with van der Waals surface area (Å²) in [5, 5.41) is 3.47. The number of hydrogen-bond donors (Lipinski definition) is 1. The zero-order valence-electron chi connectivity index (χ0n) is 13.6. The van der Waals surface area contributed by atoms with Crippen LogP contribution in [0.5, 0.6) is 0 Å². The normalized spacial score (nSPS) is 10.8. The van der Waals surface area contributed by atoms with Crippen LogP contribution in [0.2, 0.25) is 0 Å². The number of aryl methyl sites for hydroxylation is 1. The quantitative estimate of drug-likeness (QED) is 0.603. The minimum absolute atomic E-state index is 1.10. The molecule has 0 radical (unpaired) electrons. The summed E-state index contributed by atoms with van der Waals surface area (Å²) in [7, 11) is 0. The van der Waals surface area contributed by atoms with Gasteiger partial charge < -0.3 is 10.2 Å². The second-order valence-electron chi connectivity index (χ2n) is 5.58. The van der Waals surface area contributed by atoms with Gasteiger partial charge in [-0.25, -0.2) is 0 Å². The highest BCUT2D eigenvalue weighted by atomic mass is 15.1. The Labute approximate surface area is 125 Å². The van der Waals surface area contributed by atoms with Crippen molar-refractivity contribution in [2.24, 2.45) is 0 Å². The molecule has 0 unspecified atom stereocenters. The Morgan fingerprint density at radius 3 is 2.25 bits per heavy atom. The summed E-state index contributed by atoms with van der Waals surface area (Å²) in [6.45, 7) is 11.2. The lowest BCUT2D eigenvalue weighted by Crippen LogP contribution is -2.23. The van der Waals surface area contributed by atoms with Gasteiger partial charge in [-0.15, -0.1) is 0 Å². The molecule has 0 aliphatic heterocycles. The zero-order chi connectivity index (χ0) is 14.6. The average Bonchev–Trinajstić information content (AvgIpc) is 2.47. The SMILES string of the molecule is CCCNCCCCCCN(CC)c1ccc(C)cc1. The summed E-state index contributed by atoms with van der Waals surface area (Å²) in [6, 6.07) is 8.90. The van der Waals surface area contributed by atoms with Crippen LogP contribution >= 0.6 is 0 Å². The largest absolute Gasteiger partial charge is 0.372 e. The number of anilines is 1. The Morgan fingerprint density at radius 1 is 0.900 bits per heavy atom. The van der Waals surface area contributed by atoms with E-state index in [4.69, 9.17) is 0 Å². The van der Waals surface area contributed by atoms with Crippen molar-refractivity contribution >= 4 is 5.69 Å². The van der Waals surface area contributed by atoms with Gasteiger partial charge >= 0.3 is 0 Å². The first-order chi connectivity index (χ1) is 9.77. The number of nitrogens with zero attached hydrogens (tertiary/aromatic N) is 1. The molecular weight excluding hydrogens is 244 g/mol. The second kappa shape index (κ2) is 10.7. The molecule has 1 rings (SSSR count). The van der Waals surface area contributed by atoms with Crippen molar-refractivity contribution < 1.29 is 0 Å². The number of hydrogen-bond acceptors (Lipinski definition) is 2. The minimum Gasteiger partial charge on any atom is -0.372 e. The van der Waals surface area contributed by atoms with Crippen LogP contribution in [0.15, 0.2) is 24.3 Å². The van der Waals surface area contributed by atoms with E-state index in [0.717, 1.165) is 13.1 Å². The molecule has 1 aromatic rings. The van der Waals surface area contributed by atoms with Crippen LogP contribution in [0.1, 0.15) is 51.5 Å². The molecule has 2 nitrogen and oxygen atoms in total. The molecule has 1 N–H and O–H groups in total. The molecule has 0 aromatic heterocycles. The maximum Gasteiger partial charge on any atom is 0.0366 e. The lowest BCUT2D eigenvalue weighted by atomic mass is 10.1. The molecule has 0 atom stereocenters. The van der Waals surface area contributed by atoms with Gasteiger partial charge in [0.15, 0.2) is 0 Å². The molecule has 1 aromatic carbocycles. The van der Waals surface area contributed by atoms with E-state index in [2.05, 4.69) is 55.3 Å².